The number of carbonyl (C=O) groups excluding carboxylic acids is 1. The van der Waals surface area contributed by atoms with E-state index in [9.17, 15) is 22.0 Å². The van der Waals surface area contributed by atoms with E-state index >= 15 is 0 Å². The van der Waals surface area contributed by atoms with Crippen LogP contribution in [0.4, 0.5) is 20.2 Å². The molecule has 0 bridgehead atoms. The largest absolute Gasteiger partial charge is 0.495 e. The number of amides is 1. The summed E-state index contributed by atoms with van der Waals surface area (Å²) < 4.78 is 66.0. The molecule has 0 fully saturated rings. The van der Waals surface area contributed by atoms with Crippen molar-refractivity contribution in [3.63, 3.8) is 0 Å². The number of methoxy groups -OCH3 is 1. The third-order valence-corrected chi connectivity index (χ3v) is 5.70. The van der Waals surface area contributed by atoms with E-state index in [0.717, 1.165) is 24.3 Å². The van der Waals surface area contributed by atoms with E-state index in [2.05, 4.69) is 10.0 Å². The zero-order valence-electron chi connectivity index (χ0n) is 17.2. The van der Waals surface area contributed by atoms with Gasteiger partial charge in [0.05, 0.1) is 19.3 Å². The Labute approximate surface area is 184 Å². The highest BCUT2D eigenvalue weighted by Crippen LogP contribution is 2.29. The van der Waals surface area contributed by atoms with Gasteiger partial charge in [0.1, 0.15) is 28.0 Å². The lowest BCUT2D eigenvalue weighted by atomic mass is 10.2. The van der Waals surface area contributed by atoms with E-state index < -0.39 is 33.1 Å². The summed E-state index contributed by atoms with van der Waals surface area (Å²) in [5.74, 6) is -2.02. The standard InChI is InChI=1S/C22H20F2N2O5S/c1-3-31-17-8-5-15(6-9-17)26-32(28,29)21-13-16(7-11-20(21)30-2)25-22(27)18-12-14(23)4-10-19(18)24/h4-13,26H,3H2,1-2H3,(H,25,27). The second-order valence-corrected chi connectivity index (χ2v) is 8.16. The van der Waals surface area contributed by atoms with E-state index in [0.29, 0.717) is 12.4 Å². The maximum Gasteiger partial charge on any atom is 0.265 e. The number of halogens is 2. The Balaban J connectivity index is 1.88. The van der Waals surface area contributed by atoms with E-state index in [1.165, 1.54) is 31.4 Å². The van der Waals surface area contributed by atoms with Crippen LogP contribution in [0.25, 0.3) is 0 Å². The van der Waals surface area contributed by atoms with Crippen LogP contribution in [0.5, 0.6) is 11.5 Å². The zero-order valence-corrected chi connectivity index (χ0v) is 18.0. The second kappa shape index (κ2) is 9.65. The number of nitrogens with one attached hydrogen (secondary N) is 2. The molecular weight excluding hydrogens is 442 g/mol. The minimum atomic E-state index is -4.12. The van der Waals surface area contributed by atoms with E-state index in [1.807, 2.05) is 6.92 Å². The van der Waals surface area contributed by atoms with Gasteiger partial charge in [0.2, 0.25) is 0 Å². The summed E-state index contributed by atoms with van der Waals surface area (Å²) in [6.45, 7) is 2.30. The first kappa shape index (κ1) is 23.0. The van der Waals surface area contributed by atoms with Gasteiger partial charge >= 0.3 is 0 Å². The smallest absolute Gasteiger partial charge is 0.265 e. The number of anilines is 2. The molecule has 0 saturated heterocycles. The molecule has 7 nitrogen and oxygen atoms in total. The highest BCUT2D eigenvalue weighted by Gasteiger charge is 2.22. The van der Waals surface area contributed by atoms with Gasteiger partial charge in [0.25, 0.3) is 15.9 Å². The summed E-state index contributed by atoms with van der Waals surface area (Å²) >= 11 is 0. The average Bonchev–Trinajstić information content (AvgIpc) is 2.76. The number of hydrogen-bond acceptors (Lipinski definition) is 5. The fourth-order valence-corrected chi connectivity index (χ4v) is 4.09. The Kier molecular flexibility index (Phi) is 6.94. The van der Waals surface area contributed by atoms with Crippen LogP contribution in [0, 0.1) is 11.6 Å². The summed E-state index contributed by atoms with van der Waals surface area (Å²) in [6.07, 6.45) is 0. The number of benzene rings is 3. The topological polar surface area (TPSA) is 93.7 Å². The summed E-state index contributed by atoms with van der Waals surface area (Å²) in [6, 6.07) is 12.6. The quantitative estimate of drug-likeness (QED) is 0.517. The molecule has 32 heavy (non-hydrogen) atoms. The van der Waals surface area contributed by atoms with Gasteiger partial charge in [-0.1, -0.05) is 0 Å². The summed E-state index contributed by atoms with van der Waals surface area (Å²) in [5.41, 5.74) is -0.184. The second-order valence-electron chi connectivity index (χ2n) is 6.51. The van der Waals surface area contributed by atoms with Crippen LogP contribution < -0.4 is 19.5 Å². The predicted octanol–water partition coefficient (Wildman–Crippen LogP) is 4.43. The zero-order chi connectivity index (χ0) is 23.3. The first-order valence-electron chi connectivity index (χ1n) is 9.43. The molecule has 0 aliphatic rings. The predicted molar refractivity (Wildman–Crippen MR) is 116 cm³/mol. The molecular formula is C22H20F2N2O5S. The molecule has 3 aromatic rings. The maximum absolute atomic E-state index is 13.9. The Morgan fingerprint density at radius 2 is 1.66 bits per heavy atom. The molecule has 168 valence electrons. The van der Waals surface area contributed by atoms with Crippen molar-refractivity contribution in [2.45, 2.75) is 11.8 Å². The molecule has 0 saturated carbocycles. The maximum atomic E-state index is 13.9. The van der Waals surface area contributed by atoms with Crippen LogP contribution in [0.15, 0.2) is 65.6 Å². The lowest BCUT2D eigenvalue weighted by Gasteiger charge is -2.14. The van der Waals surface area contributed by atoms with Crippen molar-refractivity contribution in [3.05, 3.63) is 77.9 Å². The first-order chi connectivity index (χ1) is 15.2. The van der Waals surface area contributed by atoms with Crippen molar-refractivity contribution >= 4 is 27.3 Å². The molecule has 0 aliphatic heterocycles. The molecule has 0 spiro atoms. The van der Waals surface area contributed by atoms with Gasteiger partial charge in [-0.25, -0.2) is 17.2 Å². The number of hydrogen-bond donors (Lipinski definition) is 2. The summed E-state index contributed by atoms with van der Waals surface area (Å²) in [7, 11) is -2.82. The van der Waals surface area contributed by atoms with Gasteiger partial charge in [0, 0.05) is 11.4 Å². The Hall–Kier alpha value is -3.66. The van der Waals surface area contributed by atoms with Crippen molar-refractivity contribution in [3.8, 4) is 11.5 Å². The van der Waals surface area contributed by atoms with Gasteiger partial charge in [-0.3, -0.25) is 9.52 Å². The number of rotatable bonds is 8. The molecule has 0 unspecified atom stereocenters. The Morgan fingerprint density at radius 1 is 0.969 bits per heavy atom. The Morgan fingerprint density at radius 3 is 2.31 bits per heavy atom. The monoisotopic (exact) mass is 462 g/mol. The molecule has 0 aliphatic carbocycles. The number of ether oxygens (including phenoxy) is 2. The van der Waals surface area contributed by atoms with Crippen LogP contribution in [0.3, 0.4) is 0 Å². The van der Waals surface area contributed by atoms with Crippen molar-refractivity contribution < 1.29 is 31.5 Å². The summed E-state index contributed by atoms with van der Waals surface area (Å²) in [4.78, 5) is 12.1. The van der Waals surface area contributed by atoms with Crippen molar-refractivity contribution in [2.24, 2.45) is 0 Å². The first-order valence-corrected chi connectivity index (χ1v) is 10.9. The van der Waals surface area contributed by atoms with Crippen LogP contribution in [0.2, 0.25) is 0 Å². The SMILES string of the molecule is CCOc1ccc(NS(=O)(=O)c2cc(NC(=O)c3cc(F)ccc3F)ccc2OC)cc1. The normalized spacial score (nSPS) is 11.0. The van der Waals surface area contributed by atoms with Crippen LogP contribution in [-0.4, -0.2) is 28.0 Å². The van der Waals surface area contributed by atoms with Crippen LogP contribution >= 0.6 is 0 Å². The lowest BCUT2D eigenvalue weighted by Crippen LogP contribution is -2.17. The molecule has 0 heterocycles. The van der Waals surface area contributed by atoms with Crippen molar-refractivity contribution in [1.29, 1.82) is 0 Å². The van der Waals surface area contributed by atoms with Gasteiger partial charge in [-0.2, -0.15) is 0 Å². The van der Waals surface area contributed by atoms with Gasteiger partial charge < -0.3 is 14.8 Å². The highest BCUT2D eigenvalue weighted by atomic mass is 32.2. The van der Waals surface area contributed by atoms with Gasteiger partial charge in [-0.05, 0) is 67.6 Å². The van der Waals surface area contributed by atoms with E-state index in [-0.39, 0.29) is 22.0 Å². The van der Waals surface area contributed by atoms with Crippen LogP contribution in [-0.2, 0) is 10.0 Å². The third-order valence-electron chi connectivity index (χ3n) is 4.30. The molecule has 1 amide bonds. The number of sulfonamides is 1. The van der Waals surface area contributed by atoms with Crippen LogP contribution in [0.1, 0.15) is 17.3 Å². The minimum Gasteiger partial charge on any atom is -0.495 e. The van der Waals surface area contributed by atoms with E-state index in [4.69, 9.17) is 9.47 Å². The summed E-state index contributed by atoms with van der Waals surface area (Å²) in [5, 5.41) is 2.37. The van der Waals surface area contributed by atoms with Crippen molar-refractivity contribution in [2.75, 3.05) is 23.8 Å². The molecule has 0 radical (unpaired) electrons. The number of carbonyl (C=O) groups is 1. The molecule has 3 aromatic carbocycles. The van der Waals surface area contributed by atoms with E-state index in [1.54, 1.807) is 12.1 Å². The van der Waals surface area contributed by atoms with Gasteiger partial charge in [-0.15, -0.1) is 0 Å². The molecule has 3 rings (SSSR count). The lowest BCUT2D eigenvalue weighted by molar-refractivity contribution is 0.102. The van der Waals surface area contributed by atoms with Gasteiger partial charge in [0.15, 0.2) is 0 Å². The molecule has 0 aromatic heterocycles. The Bertz CT molecular complexity index is 1230. The molecule has 2 N–H and O–H groups in total. The highest BCUT2D eigenvalue weighted by molar-refractivity contribution is 7.92. The third kappa shape index (κ3) is 5.33. The molecule has 10 heteroatoms. The fraction of sp³-hybridized carbons (Fsp3) is 0.136. The fourth-order valence-electron chi connectivity index (χ4n) is 2.83. The molecule has 0 atom stereocenters. The van der Waals surface area contributed by atoms with Crippen molar-refractivity contribution in [1.82, 2.24) is 0 Å². The average molecular weight is 462 g/mol. The minimum absolute atomic E-state index is 0.0263.